The number of benzene rings is 1. The van der Waals surface area contributed by atoms with Gasteiger partial charge in [0.1, 0.15) is 0 Å². The summed E-state index contributed by atoms with van der Waals surface area (Å²) in [6.45, 7) is 3.43. The predicted octanol–water partition coefficient (Wildman–Crippen LogP) is 2.62. The second-order valence-corrected chi connectivity index (χ2v) is 8.97. The van der Waals surface area contributed by atoms with Gasteiger partial charge in [0, 0.05) is 50.8 Å². The Labute approximate surface area is 167 Å². The quantitative estimate of drug-likeness (QED) is 0.874. The SMILES string of the molecule is Cn1cc([C@H]2CNC[C@@H]2C(=O)N2CCCC3(CCCc4ccccc43)C2)cn1. The van der Waals surface area contributed by atoms with Gasteiger partial charge in [-0.3, -0.25) is 9.48 Å². The lowest BCUT2D eigenvalue weighted by Gasteiger charge is -2.47. The zero-order chi connectivity index (χ0) is 19.1. The lowest BCUT2D eigenvalue weighted by atomic mass is 9.65. The van der Waals surface area contributed by atoms with Gasteiger partial charge < -0.3 is 10.2 Å². The molecule has 0 bridgehead atoms. The van der Waals surface area contributed by atoms with E-state index in [1.54, 1.807) is 0 Å². The van der Waals surface area contributed by atoms with Crippen molar-refractivity contribution in [1.29, 1.82) is 0 Å². The molecule has 5 rings (SSSR count). The van der Waals surface area contributed by atoms with Crippen LogP contribution in [0, 0.1) is 5.92 Å². The molecule has 1 amide bonds. The van der Waals surface area contributed by atoms with Crippen LogP contribution < -0.4 is 5.32 Å². The minimum absolute atomic E-state index is 0.0261. The van der Waals surface area contributed by atoms with E-state index in [0.717, 1.165) is 32.6 Å². The topological polar surface area (TPSA) is 50.2 Å². The van der Waals surface area contributed by atoms with Crippen LogP contribution in [0.3, 0.4) is 0 Å². The third-order valence-electron chi connectivity index (χ3n) is 7.26. The maximum Gasteiger partial charge on any atom is 0.227 e. The van der Waals surface area contributed by atoms with E-state index in [4.69, 9.17) is 0 Å². The molecular weight excluding hydrogens is 348 g/mol. The number of carbonyl (C=O) groups excluding carboxylic acids is 1. The number of hydrogen-bond acceptors (Lipinski definition) is 3. The van der Waals surface area contributed by atoms with Crippen molar-refractivity contribution in [2.45, 2.75) is 43.4 Å². The fourth-order valence-corrected chi connectivity index (χ4v) is 5.91. The number of aromatic nitrogens is 2. The highest BCUT2D eigenvalue weighted by Crippen LogP contribution is 2.44. The Morgan fingerprint density at radius 2 is 2.07 bits per heavy atom. The van der Waals surface area contributed by atoms with Crippen molar-refractivity contribution >= 4 is 5.91 Å². The van der Waals surface area contributed by atoms with Gasteiger partial charge in [0.2, 0.25) is 5.91 Å². The summed E-state index contributed by atoms with van der Waals surface area (Å²) in [4.78, 5) is 15.8. The van der Waals surface area contributed by atoms with Crippen molar-refractivity contribution < 1.29 is 4.79 Å². The van der Waals surface area contributed by atoms with E-state index in [0.29, 0.717) is 5.91 Å². The number of nitrogens with zero attached hydrogens (tertiary/aromatic N) is 3. The number of rotatable bonds is 2. The summed E-state index contributed by atoms with van der Waals surface area (Å²) in [6, 6.07) is 8.94. The first-order valence-corrected chi connectivity index (χ1v) is 10.7. The molecule has 0 radical (unpaired) electrons. The molecule has 148 valence electrons. The number of piperidine rings is 1. The zero-order valence-electron chi connectivity index (χ0n) is 16.7. The molecule has 28 heavy (non-hydrogen) atoms. The monoisotopic (exact) mass is 378 g/mol. The average Bonchev–Trinajstić information content (AvgIpc) is 3.37. The molecule has 0 saturated carbocycles. The molecule has 2 aliphatic heterocycles. The molecule has 5 heteroatoms. The number of amides is 1. The first-order valence-electron chi connectivity index (χ1n) is 10.7. The smallest absolute Gasteiger partial charge is 0.227 e. The van der Waals surface area contributed by atoms with Crippen LogP contribution in [0.15, 0.2) is 36.7 Å². The fraction of sp³-hybridized carbons (Fsp3) is 0.565. The van der Waals surface area contributed by atoms with E-state index < -0.39 is 0 Å². The van der Waals surface area contributed by atoms with Crippen LogP contribution in [0.5, 0.6) is 0 Å². The van der Waals surface area contributed by atoms with Crippen LogP contribution >= 0.6 is 0 Å². The van der Waals surface area contributed by atoms with Crippen LogP contribution in [0.4, 0.5) is 0 Å². The molecule has 1 aromatic carbocycles. The Morgan fingerprint density at radius 3 is 2.93 bits per heavy atom. The Balaban J connectivity index is 1.39. The van der Waals surface area contributed by atoms with Gasteiger partial charge in [0.15, 0.2) is 0 Å². The van der Waals surface area contributed by atoms with Gasteiger partial charge in [-0.1, -0.05) is 24.3 Å². The highest BCUT2D eigenvalue weighted by molar-refractivity contribution is 5.81. The van der Waals surface area contributed by atoms with Crippen LogP contribution in [-0.2, 0) is 23.7 Å². The Bertz CT molecular complexity index is 875. The summed E-state index contributed by atoms with van der Waals surface area (Å²) >= 11 is 0. The van der Waals surface area contributed by atoms with Crippen LogP contribution in [0.1, 0.15) is 48.3 Å². The third kappa shape index (κ3) is 2.96. The molecular formula is C23H30N4O. The second kappa shape index (κ2) is 7.03. The molecule has 1 spiro atoms. The minimum atomic E-state index is 0.0261. The Morgan fingerprint density at radius 1 is 1.21 bits per heavy atom. The maximum absolute atomic E-state index is 13.6. The molecule has 1 unspecified atom stereocenters. The van der Waals surface area contributed by atoms with Crippen LogP contribution in [-0.4, -0.2) is 46.8 Å². The molecule has 1 N–H and O–H groups in total. The summed E-state index contributed by atoms with van der Waals surface area (Å²) in [5.74, 6) is 0.594. The van der Waals surface area contributed by atoms with Crippen molar-refractivity contribution in [2.24, 2.45) is 13.0 Å². The maximum atomic E-state index is 13.6. The lowest BCUT2D eigenvalue weighted by molar-refractivity contribution is -0.137. The first-order chi connectivity index (χ1) is 13.7. The standard InChI is InChI=1S/C23H30N4O/c1-26-15-18(12-25-26)19-13-24-14-20(19)22(28)27-11-5-10-23(16-27)9-4-7-17-6-2-3-8-21(17)23/h2-3,6,8,12,15,19-20,24H,4-5,7,9-11,13-14,16H2,1H3/t19-,20+,23?/m1/s1. The van der Waals surface area contributed by atoms with Gasteiger partial charge >= 0.3 is 0 Å². The number of carbonyl (C=O) groups is 1. The number of likely N-dealkylation sites (tertiary alicyclic amines) is 1. The third-order valence-corrected chi connectivity index (χ3v) is 7.26. The zero-order valence-corrected chi connectivity index (χ0v) is 16.7. The first kappa shape index (κ1) is 17.9. The van der Waals surface area contributed by atoms with Gasteiger partial charge in [-0.15, -0.1) is 0 Å². The predicted molar refractivity (Wildman–Crippen MR) is 109 cm³/mol. The summed E-state index contributed by atoms with van der Waals surface area (Å²) in [6.07, 6.45) is 9.94. The minimum Gasteiger partial charge on any atom is -0.342 e. The molecule has 5 nitrogen and oxygen atoms in total. The van der Waals surface area contributed by atoms with E-state index in [1.807, 2.05) is 17.9 Å². The number of hydrogen-bond donors (Lipinski definition) is 1. The molecule has 3 heterocycles. The summed E-state index contributed by atoms with van der Waals surface area (Å²) < 4.78 is 1.84. The number of nitrogens with one attached hydrogen (secondary N) is 1. The molecule has 2 saturated heterocycles. The van der Waals surface area contributed by atoms with Crippen molar-refractivity contribution in [2.75, 3.05) is 26.2 Å². The van der Waals surface area contributed by atoms with E-state index >= 15 is 0 Å². The summed E-state index contributed by atoms with van der Waals surface area (Å²) in [5.41, 5.74) is 4.35. The van der Waals surface area contributed by atoms with E-state index in [2.05, 4.69) is 45.8 Å². The van der Waals surface area contributed by atoms with E-state index in [-0.39, 0.29) is 17.3 Å². The van der Waals surface area contributed by atoms with Crippen molar-refractivity contribution in [3.63, 3.8) is 0 Å². The Hall–Kier alpha value is -2.14. The van der Waals surface area contributed by atoms with Gasteiger partial charge in [-0.05, 0) is 48.8 Å². The normalized spacial score (nSPS) is 29.8. The van der Waals surface area contributed by atoms with E-state index in [9.17, 15) is 4.79 Å². The fourth-order valence-electron chi connectivity index (χ4n) is 5.91. The van der Waals surface area contributed by atoms with Crippen molar-refractivity contribution in [3.8, 4) is 0 Å². The van der Waals surface area contributed by atoms with Crippen molar-refractivity contribution in [3.05, 3.63) is 53.3 Å². The summed E-state index contributed by atoms with van der Waals surface area (Å²) in [5, 5.41) is 7.78. The molecule has 1 aliphatic carbocycles. The van der Waals surface area contributed by atoms with Gasteiger partial charge in [0.25, 0.3) is 0 Å². The highest BCUT2D eigenvalue weighted by Gasteiger charge is 2.44. The van der Waals surface area contributed by atoms with Gasteiger partial charge in [0.05, 0.1) is 12.1 Å². The largest absolute Gasteiger partial charge is 0.342 e. The van der Waals surface area contributed by atoms with Crippen LogP contribution in [0.2, 0.25) is 0 Å². The van der Waals surface area contributed by atoms with Crippen molar-refractivity contribution in [1.82, 2.24) is 20.0 Å². The Kier molecular flexibility index (Phi) is 4.50. The van der Waals surface area contributed by atoms with Gasteiger partial charge in [-0.2, -0.15) is 5.10 Å². The molecule has 3 atom stereocenters. The highest BCUT2D eigenvalue weighted by atomic mass is 16.2. The lowest BCUT2D eigenvalue weighted by Crippen LogP contribution is -2.52. The molecule has 1 aromatic heterocycles. The van der Waals surface area contributed by atoms with Gasteiger partial charge in [-0.25, -0.2) is 0 Å². The van der Waals surface area contributed by atoms with E-state index in [1.165, 1.54) is 42.4 Å². The summed E-state index contributed by atoms with van der Waals surface area (Å²) in [7, 11) is 1.94. The molecule has 3 aliphatic rings. The molecule has 2 aromatic rings. The number of aryl methyl sites for hydroxylation is 2. The second-order valence-electron chi connectivity index (χ2n) is 8.97. The number of fused-ring (bicyclic) bond motifs is 2. The van der Waals surface area contributed by atoms with Crippen LogP contribution in [0.25, 0.3) is 0 Å². The molecule has 2 fully saturated rings. The average molecular weight is 379 g/mol.